The lowest BCUT2D eigenvalue weighted by Gasteiger charge is -2.17. The first-order chi connectivity index (χ1) is 11.2. The molecule has 1 aliphatic rings. The van der Waals surface area contributed by atoms with Crippen LogP contribution in [0.1, 0.15) is 16.8 Å². The minimum absolute atomic E-state index is 0.0592. The van der Waals surface area contributed by atoms with Gasteiger partial charge in [-0.25, -0.2) is 9.97 Å². The highest BCUT2D eigenvalue weighted by Crippen LogP contribution is 2.24. The van der Waals surface area contributed by atoms with Gasteiger partial charge in [-0.15, -0.1) is 0 Å². The number of halogens is 1. The van der Waals surface area contributed by atoms with Crippen LogP contribution < -0.4 is 9.47 Å². The molecule has 2 aromatic heterocycles. The topological polar surface area (TPSA) is 77.4 Å². The second-order valence-electron chi connectivity index (χ2n) is 5.04. The van der Waals surface area contributed by atoms with E-state index in [9.17, 15) is 4.79 Å². The number of hydrogen-bond donors (Lipinski definition) is 0. The Balaban J connectivity index is 1.65. The molecule has 0 N–H and O–H groups in total. The van der Waals surface area contributed by atoms with Gasteiger partial charge < -0.3 is 14.4 Å². The van der Waals surface area contributed by atoms with Crippen molar-refractivity contribution >= 4 is 21.8 Å². The van der Waals surface area contributed by atoms with E-state index in [1.54, 1.807) is 29.6 Å². The Morgan fingerprint density at radius 3 is 2.83 bits per heavy atom. The van der Waals surface area contributed by atoms with Gasteiger partial charge in [-0.05, 0) is 22.0 Å². The Morgan fingerprint density at radius 2 is 2.09 bits per heavy atom. The zero-order chi connectivity index (χ0) is 16.2. The van der Waals surface area contributed by atoms with Crippen molar-refractivity contribution in [3.8, 4) is 11.8 Å². The van der Waals surface area contributed by atoms with Crippen LogP contribution in [0.4, 0.5) is 0 Å². The van der Waals surface area contributed by atoms with E-state index in [1.165, 1.54) is 13.3 Å². The van der Waals surface area contributed by atoms with Gasteiger partial charge in [0, 0.05) is 42.2 Å². The van der Waals surface area contributed by atoms with E-state index in [-0.39, 0.29) is 12.0 Å². The molecule has 3 rings (SSSR count). The van der Waals surface area contributed by atoms with E-state index in [1.807, 2.05) is 0 Å². The van der Waals surface area contributed by atoms with Gasteiger partial charge in [0.15, 0.2) is 0 Å². The van der Waals surface area contributed by atoms with Crippen LogP contribution in [0, 0.1) is 0 Å². The third-order valence-electron chi connectivity index (χ3n) is 3.49. The Labute approximate surface area is 141 Å². The molecule has 120 valence electrons. The number of pyridine rings is 1. The summed E-state index contributed by atoms with van der Waals surface area (Å²) in [7, 11) is 1.52. The molecule has 1 aliphatic heterocycles. The van der Waals surface area contributed by atoms with Crippen molar-refractivity contribution in [3.63, 3.8) is 0 Å². The van der Waals surface area contributed by atoms with E-state index in [2.05, 4.69) is 30.9 Å². The van der Waals surface area contributed by atoms with E-state index in [0.717, 1.165) is 10.9 Å². The summed E-state index contributed by atoms with van der Waals surface area (Å²) >= 11 is 3.32. The first-order valence-corrected chi connectivity index (χ1v) is 7.88. The fourth-order valence-corrected chi connectivity index (χ4v) is 2.78. The number of rotatable bonds is 4. The molecule has 1 amide bonds. The van der Waals surface area contributed by atoms with Crippen molar-refractivity contribution < 1.29 is 14.3 Å². The summed E-state index contributed by atoms with van der Waals surface area (Å²) in [5, 5.41) is 0. The Hall–Kier alpha value is -2.22. The molecule has 0 saturated carbocycles. The second kappa shape index (κ2) is 6.91. The fourth-order valence-electron chi connectivity index (χ4n) is 2.41. The van der Waals surface area contributed by atoms with Crippen molar-refractivity contribution in [1.29, 1.82) is 0 Å². The van der Waals surface area contributed by atoms with Crippen molar-refractivity contribution in [3.05, 3.63) is 40.9 Å². The van der Waals surface area contributed by atoms with Crippen LogP contribution in [0.25, 0.3) is 0 Å². The molecule has 8 heteroatoms. The minimum Gasteiger partial charge on any atom is -0.477 e. The molecular weight excluding hydrogens is 364 g/mol. The predicted molar refractivity (Wildman–Crippen MR) is 85.5 cm³/mol. The predicted octanol–water partition coefficient (Wildman–Crippen LogP) is 1.94. The van der Waals surface area contributed by atoms with Gasteiger partial charge in [-0.1, -0.05) is 0 Å². The van der Waals surface area contributed by atoms with Crippen LogP contribution in [0.5, 0.6) is 11.8 Å². The molecule has 2 aromatic rings. The summed E-state index contributed by atoms with van der Waals surface area (Å²) < 4.78 is 11.7. The van der Waals surface area contributed by atoms with Crippen LogP contribution in [-0.2, 0) is 0 Å². The summed E-state index contributed by atoms with van der Waals surface area (Å²) in [6.07, 6.45) is 6.89. The summed E-state index contributed by atoms with van der Waals surface area (Å²) in [5.74, 6) is 0.628. The summed E-state index contributed by atoms with van der Waals surface area (Å²) in [6, 6.07) is 1.76. The van der Waals surface area contributed by atoms with Gasteiger partial charge in [0.2, 0.25) is 0 Å². The van der Waals surface area contributed by atoms with E-state index >= 15 is 0 Å². The highest BCUT2D eigenvalue weighted by molar-refractivity contribution is 9.10. The first-order valence-electron chi connectivity index (χ1n) is 7.09. The number of amides is 1. The Morgan fingerprint density at radius 1 is 1.30 bits per heavy atom. The van der Waals surface area contributed by atoms with E-state index in [4.69, 9.17) is 9.47 Å². The monoisotopic (exact) mass is 378 g/mol. The maximum absolute atomic E-state index is 12.5. The zero-order valence-electron chi connectivity index (χ0n) is 12.5. The van der Waals surface area contributed by atoms with Crippen LogP contribution in [0.15, 0.2) is 35.3 Å². The Kier molecular flexibility index (Phi) is 4.71. The average molecular weight is 379 g/mol. The third-order valence-corrected chi connectivity index (χ3v) is 3.92. The summed E-state index contributed by atoms with van der Waals surface area (Å²) in [5.41, 5.74) is 0.553. The largest absolute Gasteiger partial charge is 0.477 e. The molecule has 1 atom stereocenters. The molecule has 3 heterocycles. The number of likely N-dealkylation sites (tertiary alicyclic amines) is 1. The quantitative estimate of drug-likeness (QED) is 0.808. The van der Waals surface area contributed by atoms with Crippen LogP contribution >= 0.6 is 15.9 Å². The molecule has 7 nitrogen and oxygen atoms in total. The van der Waals surface area contributed by atoms with Crippen molar-refractivity contribution in [1.82, 2.24) is 19.9 Å². The van der Waals surface area contributed by atoms with E-state index in [0.29, 0.717) is 30.4 Å². The lowest BCUT2D eigenvalue weighted by Crippen LogP contribution is -2.31. The van der Waals surface area contributed by atoms with Gasteiger partial charge in [-0.3, -0.25) is 9.78 Å². The van der Waals surface area contributed by atoms with Crippen LogP contribution in [0.2, 0.25) is 0 Å². The number of nitrogens with zero attached hydrogens (tertiary/aromatic N) is 4. The highest BCUT2D eigenvalue weighted by Gasteiger charge is 2.29. The summed E-state index contributed by atoms with van der Waals surface area (Å²) in [6.45, 7) is 1.11. The number of hydrogen-bond acceptors (Lipinski definition) is 6. The van der Waals surface area contributed by atoms with Gasteiger partial charge >= 0.3 is 0 Å². The highest BCUT2D eigenvalue weighted by atomic mass is 79.9. The SMILES string of the molecule is COc1nccnc1O[C@@H]1CCN(C(=O)c2cncc(Br)c2)C1. The lowest BCUT2D eigenvalue weighted by atomic mass is 10.2. The van der Waals surface area contributed by atoms with Gasteiger partial charge in [0.05, 0.1) is 19.2 Å². The van der Waals surface area contributed by atoms with E-state index < -0.39 is 0 Å². The molecule has 0 aliphatic carbocycles. The molecule has 23 heavy (non-hydrogen) atoms. The third kappa shape index (κ3) is 3.58. The molecule has 0 unspecified atom stereocenters. The molecule has 0 spiro atoms. The molecule has 0 bridgehead atoms. The van der Waals surface area contributed by atoms with Gasteiger partial charge in [0.25, 0.3) is 17.7 Å². The lowest BCUT2D eigenvalue weighted by molar-refractivity contribution is 0.0769. The zero-order valence-corrected chi connectivity index (χ0v) is 14.1. The molecule has 0 aromatic carbocycles. The van der Waals surface area contributed by atoms with Crippen LogP contribution in [-0.4, -0.2) is 52.1 Å². The van der Waals surface area contributed by atoms with Crippen molar-refractivity contribution in [2.45, 2.75) is 12.5 Å². The van der Waals surface area contributed by atoms with Crippen LogP contribution in [0.3, 0.4) is 0 Å². The number of carbonyl (C=O) groups excluding carboxylic acids is 1. The molecule has 1 fully saturated rings. The maximum atomic E-state index is 12.5. The molecule has 0 radical (unpaired) electrons. The summed E-state index contributed by atoms with van der Waals surface area (Å²) in [4.78, 5) is 26.4. The first kappa shape index (κ1) is 15.7. The smallest absolute Gasteiger partial charge is 0.278 e. The number of carbonyl (C=O) groups is 1. The standard InChI is InChI=1S/C15H15BrN4O3/c1-22-13-14(19-4-3-18-13)23-12-2-5-20(9-12)15(21)10-6-11(16)8-17-7-10/h3-4,6-8,12H,2,5,9H2,1H3/t12-/m1/s1. The molecule has 1 saturated heterocycles. The normalized spacial score (nSPS) is 17.1. The van der Waals surface area contributed by atoms with Crippen molar-refractivity contribution in [2.24, 2.45) is 0 Å². The van der Waals surface area contributed by atoms with Gasteiger partial charge in [0.1, 0.15) is 6.10 Å². The van der Waals surface area contributed by atoms with Crippen molar-refractivity contribution in [2.75, 3.05) is 20.2 Å². The number of aromatic nitrogens is 3. The maximum Gasteiger partial charge on any atom is 0.278 e. The molecular formula is C15H15BrN4O3. The minimum atomic E-state index is -0.135. The Bertz CT molecular complexity index is 713. The van der Waals surface area contributed by atoms with Gasteiger partial charge in [-0.2, -0.15) is 0 Å². The number of ether oxygens (including phenoxy) is 2. The second-order valence-corrected chi connectivity index (χ2v) is 5.96. The fraction of sp³-hybridized carbons (Fsp3) is 0.333. The average Bonchev–Trinajstić information content (AvgIpc) is 3.03. The number of methoxy groups -OCH3 is 1.